The van der Waals surface area contributed by atoms with Crippen molar-refractivity contribution in [3.63, 3.8) is 0 Å². The smallest absolute Gasteiger partial charge is 0.226 e. The molecule has 0 radical (unpaired) electrons. The number of hydrogen-bond acceptors (Lipinski definition) is 3. The van der Waals surface area contributed by atoms with E-state index >= 15 is 0 Å². The van der Waals surface area contributed by atoms with Crippen LogP contribution in [-0.2, 0) is 11.3 Å². The molecule has 1 aromatic heterocycles. The highest BCUT2D eigenvalue weighted by Gasteiger charge is 2.19. The molecule has 4 nitrogen and oxygen atoms in total. The first kappa shape index (κ1) is 18.3. The van der Waals surface area contributed by atoms with Gasteiger partial charge in [0.2, 0.25) is 5.91 Å². The summed E-state index contributed by atoms with van der Waals surface area (Å²) in [7, 11) is 0. The summed E-state index contributed by atoms with van der Waals surface area (Å²) in [5.41, 5.74) is 0. The Morgan fingerprint density at radius 2 is 2.08 bits per heavy atom. The van der Waals surface area contributed by atoms with Gasteiger partial charge in [0.15, 0.2) is 0 Å². The summed E-state index contributed by atoms with van der Waals surface area (Å²) in [5, 5.41) is 0.189. The van der Waals surface area contributed by atoms with Crippen molar-refractivity contribution in [1.82, 2.24) is 4.90 Å². The van der Waals surface area contributed by atoms with E-state index in [1.165, 1.54) is 18.2 Å². The van der Waals surface area contributed by atoms with E-state index in [-0.39, 0.29) is 30.0 Å². The standard InChI is InChI=1S/C18H21ClFNO3/c1-12(2)21(11-15-6-4-13(3)24-15)18(22)8-9-23-17-7-5-14(20)10-16(17)19/h4-7,10,12H,8-9,11H2,1-3H3. The molecule has 0 spiro atoms. The van der Waals surface area contributed by atoms with E-state index in [1.807, 2.05) is 32.9 Å². The Bertz CT molecular complexity index is 699. The van der Waals surface area contributed by atoms with Crippen molar-refractivity contribution in [3.8, 4) is 5.75 Å². The van der Waals surface area contributed by atoms with Crippen molar-refractivity contribution in [2.75, 3.05) is 6.61 Å². The normalized spacial score (nSPS) is 10.9. The minimum atomic E-state index is -0.428. The Balaban J connectivity index is 1.90. The lowest BCUT2D eigenvalue weighted by Crippen LogP contribution is -2.37. The molecule has 6 heteroatoms. The fraction of sp³-hybridized carbons (Fsp3) is 0.389. The van der Waals surface area contributed by atoms with E-state index in [0.29, 0.717) is 12.3 Å². The lowest BCUT2D eigenvalue weighted by atomic mass is 10.2. The number of halogens is 2. The number of carbonyl (C=O) groups excluding carboxylic acids is 1. The molecule has 0 aliphatic carbocycles. The van der Waals surface area contributed by atoms with Crippen LogP contribution in [0.4, 0.5) is 4.39 Å². The second kappa shape index (κ2) is 8.20. The molecule has 24 heavy (non-hydrogen) atoms. The second-order valence-corrected chi connectivity index (χ2v) is 6.21. The van der Waals surface area contributed by atoms with Crippen LogP contribution < -0.4 is 4.74 Å². The van der Waals surface area contributed by atoms with Gasteiger partial charge in [0.1, 0.15) is 23.1 Å². The molecule has 0 saturated carbocycles. The van der Waals surface area contributed by atoms with Gasteiger partial charge in [-0.2, -0.15) is 0 Å². The predicted octanol–water partition coefficient (Wildman–Crippen LogP) is 4.59. The van der Waals surface area contributed by atoms with Crippen LogP contribution in [0.15, 0.2) is 34.7 Å². The van der Waals surface area contributed by atoms with Gasteiger partial charge < -0.3 is 14.1 Å². The van der Waals surface area contributed by atoms with Gasteiger partial charge in [-0.05, 0) is 51.1 Å². The van der Waals surface area contributed by atoms with Crippen LogP contribution in [0.1, 0.15) is 31.8 Å². The second-order valence-electron chi connectivity index (χ2n) is 5.80. The summed E-state index contributed by atoms with van der Waals surface area (Å²) < 4.78 is 24.0. The third-order valence-electron chi connectivity index (χ3n) is 3.53. The van der Waals surface area contributed by atoms with Crippen molar-refractivity contribution >= 4 is 17.5 Å². The van der Waals surface area contributed by atoms with E-state index in [1.54, 1.807) is 4.90 Å². The molecular formula is C18H21ClFNO3. The van der Waals surface area contributed by atoms with Crippen LogP contribution in [0.2, 0.25) is 5.02 Å². The van der Waals surface area contributed by atoms with Crippen LogP contribution in [-0.4, -0.2) is 23.5 Å². The molecule has 0 N–H and O–H groups in total. The number of aryl methyl sites for hydroxylation is 1. The first-order valence-corrected chi connectivity index (χ1v) is 8.17. The Morgan fingerprint density at radius 1 is 1.33 bits per heavy atom. The number of hydrogen-bond donors (Lipinski definition) is 0. The van der Waals surface area contributed by atoms with Crippen molar-refractivity contribution in [3.05, 3.63) is 52.7 Å². The quantitative estimate of drug-likeness (QED) is 0.731. The maximum absolute atomic E-state index is 13.0. The van der Waals surface area contributed by atoms with Crippen molar-refractivity contribution in [2.45, 2.75) is 39.8 Å². The van der Waals surface area contributed by atoms with Crippen LogP contribution in [0.5, 0.6) is 5.75 Å². The number of rotatable bonds is 7. The van der Waals surface area contributed by atoms with Gasteiger partial charge >= 0.3 is 0 Å². The molecule has 0 fully saturated rings. The summed E-state index contributed by atoms with van der Waals surface area (Å²) in [5.74, 6) is 1.46. The van der Waals surface area contributed by atoms with Gasteiger partial charge in [-0.25, -0.2) is 4.39 Å². The van der Waals surface area contributed by atoms with Crippen molar-refractivity contribution < 1.29 is 18.3 Å². The van der Waals surface area contributed by atoms with Crippen LogP contribution in [0.3, 0.4) is 0 Å². The lowest BCUT2D eigenvalue weighted by molar-refractivity contribution is -0.134. The zero-order chi connectivity index (χ0) is 17.7. The number of nitrogens with zero attached hydrogens (tertiary/aromatic N) is 1. The molecule has 2 rings (SSSR count). The highest BCUT2D eigenvalue weighted by atomic mass is 35.5. The molecule has 0 aliphatic heterocycles. The molecule has 2 aromatic rings. The Kier molecular flexibility index (Phi) is 6.26. The lowest BCUT2D eigenvalue weighted by Gasteiger charge is -2.26. The third kappa shape index (κ3) is 4.99. The summed E-state index contributed by atoms with van der Waals surface area (Å²) in [4.78, 5) is 14.2. The summed E-state index contributed by atoms with van der Waals surface area (Å²) >= 11 is 5.89. The number of amides is 1. The third-order valence-corrected chi connectivity index (χ3v) is 3.83. The minimum Gasteiger partial charge on any atom is -0.491 e. The maximum Gasteiger partial charge on any atom is 0.226 e. The average Bonchev–Trinajstić information content (AvgIpc) is 2.92. The van der Waals surface area contributed by atoms with Crippen molar-refractivity contribution in [1.29, 1.82) is 0 Å². The average molecular weight is 354 g/mol. The fourth-order valence-electron chi connectivity index (χ4n) is 2.28. The topological polar surface area (TPSA) is 42.7 Å². The fourth-order valence-corrected chi connectivity index (χ4v) is 2.50. The molecule has 1 aromatic carbocycles. The van der Waals surface area contributed by atoms with E-state index in [9.17, 15) is 9.18 Å². The maximum atomic E-state index is 13.0. The monoisotopic (exact) mass is 353 g/mol. The van der Waals surface area contributed by atoms with Gasteiger partial charge in [0.25, 0.3) is 0 Å². The zero-order valence-electron chi connectivity index (χ0n) is 14.0. The van der Waals surface area contributed by atoms with Crippen LogP contribution >= 0.6 is 11.6 Å². The van der Waals surface area contributed by atoms with Crippen LogP contribution in [0.25, 0.3) is 0 Å². The molecule has 130 valence electrons. The largest absolute Gasteiger partial charge is 0.491 e. The summed E-state index contributed by atoms with van der Waals surface area (Å²) in [6.45, 7) is 6.36. The number of carbonyl (C=O) groups is 1. The molecule has 1 heterocycles. The van der Waals surface area contributed by atoms with Crippen LogP contribution in [0, 0.1) is 12.7 Å². The molecule has 0 saturated heterocycles. The van der Waals surface area contributed by atoms with Crippen molar-refractivity contribution in [2.24, 2.45) is 0 Å². The Labute approximate surface area is 146 Å². The first-order chi connectivity index (χ1) is 11.4. The Morgan fingerprint density at radius 3 is 2.67 bits per heavy atom. The van der Waals surface area contributed by atoms with E-state index in [0.717, 1.165) is 11.5 Å². The van der Waals surface area contributed by atoms with E-state index in [2.05, 4.69) is 0 Å². The number of furan rings is 1. The molecule has 0 bridgehead atoms. The summed E-state index contributed by atoms with van der Waals surface area (Å²) in [6.07, 6.45) is 0.200. The van der Waals surface area contributed by atoms with E-state index < -0.39 is 5.82 Å². The van der Waals surface area contributed by atoms with Gasteiger partial charge in [-0.1, -0.05) is 11.6 Å². The molecule has 0 aliphatic rings. The van der Waals surface area contributed by atoms with Gasteiger partial charge in [-0.15, -0.1) is 0 Å². The summed E-state index contributed by atoms with van der Waals surface area (Å²) in [6, 6.07) is 7.68. The first-order valence-electron chi connectivity index (χ1n) is 7.79. The van der Waals surface area contributed by atoms with Gasteiger partial charge in [0.05, 0.1) is 24.6 Å². The predicted molar refractivity (Wildman–Crippen MR) is 90.7 cm³/mol. The van der Waals surface area contributed by atoms with Gasteiger partial charge in [0, 0.05) is 6.04 Å². The number of ether oxygens (including phenoxy) is 1. The molecular weight excluding hydrogens is 333 g/mol. The minimum absolute atomic E-state index is 0.0392. The highest BCUT2D eigenvalue weighted by molar-refractivity contribution is 6.32. The zero-order valence-corrected chi connectivity index (χ0v) is 14.8. The number of benzene rings is 1. The molecule has 1 amide bonds. The van der Waals surface area contributed by atoms with E-state index in [4.69, 9.17) is 20.8 Å². The van der Waals surface area contributed by atoms with Gasteiger partial charge in [-0.3, -0.25) is 4.79 Å². The molecule has 0 unspecified atom stereocenters. The Hall–Kier alpha value is -2.01. The molecule has 0 atom stereocenters. The highest BCUT2D eigenvalue weighted by Crippen LogP contribution is 2.25. The SMILES string of the molecule is Cc1ccc(CN(C(=O)CCOc2ccc(F)cc2Cl)C(C)C)o1.